The van der Waals surface area contributed by atoms with Crippen molar-refractivity contribution in [1.29, 1.82) is 5.26 Å². The summed E-state index contributed by atoms with van der Waals surface area (Å²) in [4.78, 5) is 36.0. The van der Waals surface area contributed by atoms with Gasteiger partial charge in [-0.05, 0) is 66.6 Å². The second kappa shape index (κ2) is 11.0. The average molecular weight is 440 g/mol. The first-order chi connectivity index (χ1) is 15.9. The molecule has 0 atom stereocenters. The van der Waals surface area contributed by atoms with E-state index < -0.39 is 17.8 Å². The largest absolute Gasteiger partial charge is 0.423 e. The number of ether oxygens (including phenoxy) is 1. The average Bonchev–Trinajstić information content (AvgIpc) is 2.81. The second-order valence-corrected chi connectivity index (χ2v) is 7.01. The monoisotopic (exact) mass is 440 g/mol. The minimum atomic E-state index is -0.934. The van der Waals surface area contributed by atoms with Crippen molar-refractivity contribution in [3.05, 3.63) is 95.1 Å². The summed E-state index contributed by atoms with van der Waals surface area (Å²) in [6.45, 7) is 1.89. The van der Waals surface area contributed by atoms with Crippen LogP contribution in [0.4, 0.5) is 5.69 Å². The summed E-state index contributed by atoms with van der Waals surface area (Å²) in [5.74, 6) is -1.91. The number of nitrogens with zero attached hydrogens (tertiary/aromatic N) is 2. The molecule has 0 aromatic heterocycles. The summed E-state index contributed by atoms with van der Waals surface area (Å²) in [5, 5.41) is 14.9. The van der Waals surface area contributed by atoms with Crippen LogP contribution in [-0.4, -0.2) is 24.0 Å². The highest BCUT2D eigenvalue weighted by Crippen LogP contribution is 2.14. The van der Waals surface area contributed by atoms with E-state index in [0.717, 1.165) is 11.1 Å². The summed E-state index contributed by atoms with van der Waals surface area (Å²) in [5.41, 5.74) is 5.42. The molecule has 0 unspecified atom stereocenters. The lowest BCUT2D eigenvalue weighted by Gasteiger charge is -2.05. The van der Waals surface area contributed by atoms with E-state index in [9.17, 15) is 14.4 Å². The van der Waals surface area contributed by atoms with Crippen LogP contribution < -0.4 is 15.5 Å². The lowest BCUT2D eigenvalue weighted by Crippen LogP contribution is -2.32. The Kier molecular flexibility index (Phi) is 7.65. The van der Waals surface area contributed by atoms with Crippen LogP contribution in [0.3, 0.4) is 0 Å². The Morgan fingerprint density at radius 1 is 1.00 bits per heavy atom. The van der Waals surface area contributed by atoms with Crippen LogP contribution in [0, 0.1) is 18.3 Å². The molecule has 0 fully saturated rings. The van der Waals surface area contributed by atoms with E-state index in [1.165, 1.54) is 6.21 Å². The van der Waals surface area contributed by atoms with Crippen molar-refractivity contribution in [2.75, 3.05) is 5.32 Å². The Morgan fingerprint density at radius 2 is 1.73 bits per heavy atom. The molecule has 0 aliphatic rings. The number of hydrogen-bond donors (Lipinski definition) is 2. The summed E-state index contributed by atoms with van der Waals surface area (Å²) in [6, 6.07) is 22.2. The molecular formula is C25H20N4O4. The minimum absolute atomic E-state index is 0.263. The normalized spacial score (nSPS) is 10.3. The predicted molar refractivity (Wildman–Crippen MR) is 123 cm³/mol. The van der Waals surface area contributed by atoms with E-state index in [1.807, 2.05) is 19.1 Å². The maximum atomic E-state index is 12.2. The zero-order valence-corrected chi connectivity index (χ0v) is 17.7. The molecule has 0 radical (unpaired) electrons. The van der Waals surface area contributed by atoms with Crippen LogP contribution in [-0.2, 0) is 16.0 Å². The molecule has 0 bridgehead atoms. The molecule has 8 heteroatoms. The van der Waals surface area contributed by atoms with Gasteiger partial charge in [-0.15, -0.1) is 0 Å². The molecule has 164 valence electrons. The molecule has 8 nitrogen and oxygen atoms in total. The zero-order chi connectivity index (χ0) is 23.6. The first-order valence-electron chi connectivity index (χ1n) is 9.94. The number of hydrogen-bond acceptors (Lipinski definition) is 6. The number of anilines is 1. The Labute approximate surface area is 190 Å². The van der Waals surface area contributed by atoms with Crippen LogP contribution in [0.5, 0.6) is 5.75 Å². The molecule has 2 amide bonds. The summed E-state index contributed by atoms with van der Waals surface area (Å²) >= 11 is 0. The number of carbonyl (C=O) groups is 3. The fourth-order valence-electron chi connectivity index (χ4n) is 2.76. The van der Waals surface area contributed by atoms with Gasteiger partial charge in [-0.3, -0.25) is 9.59 Å². The molecule has 0 aliphatic carbocycles. The van der Waals surface area contributed by atoms with Crippen molar-refractivity contribution < 1.29 is 19.1 Å². The van der Waals surface area contributed by atoms with Crippen molar-refractivity contribution in [1.82, 2.24) is 5.43 Å². The highest BCUT2D eigenvalue weighted by atomic mass is 16.5. The number of rotatable bonds is 6. The maximum Gasteiger partial charge on any atom is 0.343 e. The zero-order valence-electron chi connectivity index (χ0n) is 17.7. The highest BCUT2D eigenvalue weighted by molar-refractivity contribution is 6.39. The van der Waals surface area contributed by atoms with E-state index in [0.29, 0.717) is 22.6 Å². The molecule has 0 heterocycles. The van der Waals surface area contributed by atoms with Gasteiger partial charge in [-0.25, -0.2) is 10.2 Å². The second-order valence-electron chi connectivity index (χ2n) is 7.01. The van der Waals surface area contributed by atoms with Crippen molar-refractivity contribution in [3.8, 4) is 11.8 Å². The number of benzene rings is 3. The van der Waals surface area contributed by atoms with E-state index in [-0.39, 0.29) is 6.42 Å². The minimum Gasteiger partial charge on any atom is -0.423 e. The van der Waals surface area contributed by atoms with Gasteiger partial charge in [-0.2, -0.15) is 10.4 Å². The number of esters is 1. The predicted octanol–water partition coefficient (Wildman–Crippen LogP) is 3.37. The summed E-state index contributed by atoms with van der Waals surface area (Å²) in [7, 11) is 0. The number of hydrazone groups is 1. The van der Waals surface area contributed by atoms with Gasteiger partial charge in [0.05, 0.1) is 24.3 Å². The Balaban J connectivity index is 1.49. The molecule has 0 saturated carbocycles. The third kappa shape index (κ3) is 6.87. The fourth-order valence-corrected chi connectivity index (χ4v) is 2.76. The van der Waals surface area contributed by atoms with Crippen LogP contribution >= 0.6 is 0 Å². The Morgan fingerprint density at radius 3 is 2.39 bits per heavy atom. The number of amides is 2. The highest BCUT2D eigenvalue weighted by Gasteiger charge is 2.13. The molecule has 0 aliphatic heterocycles. The molecule has 3 aromatic rings. The van der Waals surface area contributed by atoms with Crippen molar-refractivity contribution >= 4 is 29.7 Å². The van der Waals surface area contributed by atoms with Gasteiger partial charge in [0.15, 0.2) is 0 Å². The van der Waals surface area contributed by atoms with Gasteiger partial charge in [0.25, 0.3) is 0 Å². The molecule has 2 N–H and O–H groups in total. The molecule has 3 aromatic carbocycles. The first-order valence-corrected chi connectivity index (χ1v) is 9.94. The molecule has 3 rings (SSSR count). The number of carbonyl (C=O) groups excluding carboxylic acids is 3. The summed E-state index contributed by atoms with van der Waals surface area (Å²) in [6.07, 6.45) is 1.62. The van der Waals surface area contributed by atoms with Gasteiger partial charge < -0.3 is 10.1 Å². The van der Waals surface area contributed by atoms with E-state index in [1.54, 1.807) is 66.7 Å². The fraction of sp³-hybridized carbons (Fsp3) is 0.0800. The lowest BCUT2D eigenvalue weighted by atomic mass is 10.1. The van der Waals surface area contributed by atoms with E-state index in [4.69, 9.17) is 10.00 Å². The topological polar surface area (TPSA) is 121 Å². The van der Waals surface area contributed by atoms with E-state index >= 15 is 0 Å². The Hall–Kier alpha value is -4.77. The number of nitriles is 1. The quantitative estimate of drug-likeness (QED) is 0.200. The van der Waals surface area contributed by atoms with E-state index in [2.05, 4.69) is 15.8 Å². The van der Waals surface area contributed by atoms with Gasteiger partial charge in [0.2, 0.25) is 0 Å². The van der Waals surface area contributed by atoms with Gasteiger partial charge >= 0.3 is 17.8 Å². The van der Waals surface area contributed by atoms with Gasteiger partial charge in [-0.1, -0.05) is 29.8 Å². The van der Waals surface area contributed by atoms with Crippen LogP contribution in [0.2, 0.25) is 0 Å². The van der Waals surface area contributed by atoms with Crippen LogP contribution in [0.1, 0.15) is 27.0 Å². The first kappa shape index (κ1) is 22.9. The van der Waals surface area contributed by atoms with Crippen LogP contribution in [0.25, 0.3) is 0 Å². The van der Waals surface area contributed by atoms with Crippen molar-refractivity contribution in [3.63, 3.8) is 0 Å². The molecule has 33 heavy (non-hydrogen) atoms. The van der Waals surface area contributed by atoms with Crippen LogP contribution in [0.15, 0.2) is 77.9 Å². The van der Waals surface area contributed by atoms with Gasteiger partial charge in [0.1, 0.15) is 5.75 Å². The maximum absolute atomic E-state index is 12.2. The summed E-state index contributed by atoms with van der Waals surface area (Å²) < 4.78 is 5.34. The van der Waals surface area contributed by atoms with Crippen molar-refractivity contribution in [2.24, 2.45) is 5.10 Å². The SMILES string of the molecule is Cc1cccc(C(=O)Oc2ccc(/C=N/NC(=O)C(=O)Nc3ccc(CC#N)cc3)cc2)c1. The molecular weight excluding hydrogens is 420 g/mol. The smallest absolute Gasteiger partial charge is 0.343 e. The lowest BCUT2D eigenvalue weighted by molar-refractivity contribution is -0.136. The Bertz CT molecular complexity index is 1230. The number of nitrogens with one attached hydrogen (secondary N) is 2. The number of aryl methyl sites for hydroxylation is 1. The van der Waals surface area contributed by atoms with Gasteiger partial charge in [0, 0.05) is 5.69 Å². The van der Waals surface area contributed by atoms with Crippen molar-refractivity contribution in [2.45, 2.75) is 13.3 Å². The molecule has 0 saturated heterocycles. The molecule has 0 spiro atoms. The third-order valence-corrected chi connectivity index (χ3v) is 4.43. The third-order valence-electron chi connectivity index (χ3n) is 4.43. The standard InChI is InChI=1S/C25H20N4O4/c1-17-3-2-4-20(15-17)25(32)33-22-11-7-19(8-12-22)16-27-29-24(31)23(30)28-21-9-5-18(6-10-21)13-14-26/h2-12,15-16H,13H2,1H3,(H,28,30)(H,29,31)/b27-16+.